The van der Waals surface area contributed by atoms with Crippen LogP contribution in [0.25, 0.3) is 0 Å². The third-order valence-corrected chi connectivity index (χ3v) is 11.7. The van der Waals surface area contributed by atoms with Crippen molar-refractivity contribution in [2.24, 2.45) is 10.8 Å². The standard InChI is InChI=1S/C28H36FIN6O5S/c1-15-20-28(25(2,3)4,22(34(6)21(15)37)32-19-10-7-16(30)11-18(19)29)23(38)35(17-8-9-17)24(39)36(20)27-12-26(13-27,14-27)33-42(40,41)31-5/h7,10-11,17,22,31-33H,8-9,12-14H2,1-6H3. The van der Waals surface area contributed by atoms with Gasteiger partial charge in [0, 0.05) is 34.8 Å². The Morgan fingerprint density at radius 3 is 2.24 bits per heavy atom. The Bertz CT molecular complexity index is 1550. The van der Waals surface area contributed by atoms with Gasteiger partial charge in [-0.25, -0.2) is 13.9 Å². The second kappa shape index (κ2) is 9.11. The molecule has 42 heavy (non-hydrogen) atoms. The first-order valence-electron chi connectivity index (χ1n) is 14.0. The van der Waals surface area contributed by atoms with Crippen molar-refractivity contribution in [2.45, 2.75) is 83.1 Å². The lowest BCUT2D eigenvalue weighted by Crippen LogP contribution is -2.87. The predicted molar refractivity (Wildman–Crippen MR) is 161 cm³/mol. The summed E-state index contributed by atoms with van der Waals surface area (Å²) in [5.74, 6) is -1.31. The zero-order chi connectivity index (χ0) is 30.8. The molecule has 2 aliphatic heterocycles. The van der Waals surface area contributed by atoms with Crippen LogP contribution in [0.1, 0.15) is 59.8 Å². The molecule has 11 nitrogen and oxygen atoms in total. The number of urea groups is 1. The Morgan fingerprint density at radius 1 is 1.10 bits per heavy atom. The third-order valence-electron chi connectivity index (χ3n) is 9.76. The van der Waals surface area contributed by atoms with Crippen molar-refractivity contribution in [3.05, 3.63) is 38.9 Å². The van der Waals surface area contributed by atoms with Gasteiger partial charge in [-0.1, -0.05) is 20.8 Å². The smallest absolute Gasteiger partial charge is 0.331 e. The molecule has 7 rings (SSSR count). The first kappa shape index (κ1) is 29.8. The first-order valence-corrected chi connectivity index (χ1v) is 16.6. The number of nitrogens with one attached hydrogen (secondary N) is 3. The quantitative estimate of drug-likeness (QED) is 0.373. The van der Waals surface area contributed by atoms with E-state index in [0.717, 1.165) is 0 Å². The lowest BCUT2D eigenvalue weighted by atomic mass is 9.43. The molecule has 1 aromatic rings. The minimum Gasteiger partial charge on any atom is -0.362 e. The van der Waals surface area contributed by atoms with Gasteiger partial charge in [0.2, 0.25) is 5.91 Å². The molecule has 6 aliphatic rings. The number of halogens is 2. The van der Waals surface area contributed by atoms with E-state index in [1.54, 1.807) is 31.0 Å². The Morgan fingerprint density at radius 2 is 1.71 bits per heavy atom. The number of hydrogen-bond donors (Lipinski definition) is 3. The molecule has 1 saturated heterocycles. The number of carbonyl (C=O) groups excluding carboxylic acids is 3. The fourth-order valence-corrected chi connectivity index (χ4v) is 9.14. The average Bonchev–Trinajstić information content (AvgIpc) is 3.68. The maximum Gasteiger partial charge on any atom is 0.331 e. The maximum absolute atomic E-state index is 15.3. The van der Waals surface area contributed by atoms with Crippen molar-refractivity contribution in [2.75, 3.05) is 19.4 Å². The lowest BCUT2D eigenvalue weighted by Gasteiger charge is -2.75. The summed E-state index contributed by atoms with van der Waals surface area (Å²) in [5.41, 5.74) is -3.04. The van der Waals surface area contributed by atoms with Crippen LogP contribution < -0.4 is 14.8 Å². The van der Waals surface area contributed by atoms with E-state index in [1.807, 2.05) is 43.4 Å². The van der Waals surface area contributed by atoms with Crippen molar-refractivity contribution in [1.82, 2.24) is 24.1 Å². The van der Waals surface area contributed by atoms with E-state index >= 15 is 4.39 Å². The zero-order valence-corrected chi connectivity index (χ0v) is 27.4. The molecule has 4 saturated carbocycles. The number of carbonyl (C=O) groups is 3. The summed E-state index contributed by atoms with van der Waals surface area (Å²) in [5, 5.41) is 3.22. The lowest BCUT2D eigenvalue weighted by molar-refractivity contribution is -0.182. The summed E-state index contributed by atoms with van der Waals surface area (Å²) in [6.07, 6.45) is 1.40. The van der Waals surface area contributed by atoms with Crippen LogP contribution in [0.4, 0.5) is 14.9 Å². The minimum absolute atomic E-state index is 0.141. The van der Waals surface area contributed by atoms with Crippen LogP contribution in [0.2, 0.25) is 0 Å². The first-order chi connectivity index (χ1) is 19.4. The van der Waals surface area contributed by atoms with Crippen molar-refractivity contribution in [3.8, 4) is 0 Å². The van der Waals surface area contributed by atoms with Crippen LogP contribution in [0.5, 0.6) is 0 Å². The van der Waals surface area contributed by atoms with Crippen LogP contribution in [-0.2, 0) is 19.8 Å². The second-order valence-electron chi connectivity index (χ2n) is 13.5. The van der Waals surface area contributed by atoms with E-state index < -0.39 is 56.0 Å². The largest absolute Gasteiger partial charge is 0.362 e. The molecular formula is C28H36FIN6O5S. The number of amides is 4. The molecule has 4 amide bonds. The summed E-state index contributed by atoms with van der Waals surface area (Å²) < 4.78 is 45.6. The van der Waals surface area contributed by atoms with Gasteiger partial charge < -0.3 is 10.2 Å². The summed E-state index contributed by atoms with van der Waals surface area (Å²) in [6.45, 7) is 7.36. The molecule has 2 unspecified atom stereocenters. The number of likely N-dealkylation sites (N-methyl/N-ethyl adjacent to an activating group) is 1. The van der Waals surface area contributed by atoms with Gasteiger partial charge in [0.15, 0.2) is 0 Å². The van der Waals surface area contributed by atoms with Gasteiger partial charge in [-0.15, -0.1) is 0 Å². The molecule has 4 aliphatic carbocycles. The molecule has 14 heteroatoms. The Labute approximate surface area is 258 Å². The minimum atomic E-state index is -3.72. The zero-order valence-electron chi connectivity index (χ0n) is 24.5. The molecule has 1 aromatic carbocycles. The highest BCUT2D eigenvalue weighted by atomic mass is 127. The van der Waals surface area contributed by atoms with E-state index in [1.165, 1.54) is 22.9 Å². The van der Waals surface area contributed by atoms with Crippen LogP contribution in [0.3, 0.4) is 0 Å². The van der Waals surface area contributed by atoms with Crippen LogP contribution >= 0.6 is 22.6 Å². The summed E-state index contributed by atoms with van der Waals surface area (Å²) in [7, 11) is -0.794. The SMILES string of the molecule is CNS(=O)(=O)NC12CC(N3C(=O)N(C4CC4)C(=O)C4(C(C)(C)C)C3=C(C)C(=O)N(C)C4Nc3ccc(I)cc3F)(C1)C2. The van der Waals surface area contributed by atoms with E-state index in [0.29, 0.717) is 41.4 Å². The number of imide groups is 1. The Hall–Kier alpha value is -2.30. The number of benzene rings is 1. The normalized spacial score (nSPS) is 33.0. The second-order valence-corrected chi connectivity index (χ2v) is 16.4. The van der Waals surface area contributed by atoms with Gasteiger partial charge in [-0.05, 0) is 85.2 Å². The molecule has 228 valence electrons. The number of nitrogens with zero attached hydrogens (tertiary/aromatic N) is 3. The van der Waals surface area contributed by atoms with Gasteiger partial charge in [0.1, 0.15) is 17.4 Å². The van der Waals surface area contributed by atoms with Crippen molar-refractivity contribution in [3.63, 3.8) is 0 Å². The van der Waals surface area contributed by atoms with Gasteiger partial charge >= 0.3 is 6.03 Å². The van der Waals surface area contributed by atoms with Gasteiger partial charge in [0.05, 0.1) is 16.9 Å². The number of rotatable bonds is 7. The Kier molecular flexibility index (Phi) is 6.46. The molecule has 2 heterocycles. The van der Waals surface area contributed by atoms with Crippen LogP contribution in [-0.4, -0.2) is 78.3 Å². The van der Waals surface area contributed by atoms with E-state index in [4.69, 9.17) is 0 Å². The van der Waals surface area contributed by atoms with E-state index in [9.17, 15) is 22.8 Å². The molecular weight excluding hydrogens is 678 g/mol. The Balaban J connectivity index is 1.53. The molecule has 0 spiro atoms. The maximum atomic E-state index is 15.3. The van der Waals surface area contributed by atoms with Crippen LogP contribution in [0.15, 0.2) is 29.5 Å². The number of fused-ring (bicyclic) bond motifs is 1. The van der Waals surface area contributed by atoms with E-state index in [2.05, 4.69) is 14.8 Å². The summed E-state index contributed by atoms with van der Waals surface area (Å²) >= 11 is 2.02. The summed E-state index contributed by atoms with van der Waals surface area (Å²) in [6, 6.07) is 3.96. The highest BCUT2D eigenvalue weighted by Crippen LogP contribution is 2.69. The molecule has 0 radical (unpaired) electrons. The molecule has 2 atom stereocenters. The number of anilines is 1. The van der Waals surface area contributed by atoms with E-state index in [-0.39, 0.29) is 23.2 Å². The molecule has 3 N–H and O–H groups in total. The average molecular weight is 715 g/mol. The molecule has 5 fully saturated rings. The van der Waals surface area contributed by atoms with Crippen molar-refractivity contribution < 1.29 is 27.2 Å². The monoisotopic (exact) mass is 714 g/mol. The molecule has 0 aromatic heterocycles. The highest BCUT2D eigenvalue weighted by Gasteiger charge is 2.78. The number of hydrogen-bond acceptors (Lipinski definition) is 6. The van der Waals surface area contributed by atoms with Crippen molar-refractivity contribution >= 4 is 56.3 Å². The van der Waals surface area contributed by atoms with Gasteiger partial charge in [0.25, 0.3) is 16.1 Å². The summed E-state index contributed by atoms with van der Waals surface area (Å²) in [4.78, 5) is 47.6. The highest BCUT2D eigenvalue weighted by molar-refractivity contribution is 14.1. The fourth-order valence-electron chi connectivity index (χ4n) is 7.80. The molecule has 2 bridgehead atoms. The van der Waals surface area contributed by atoms with Crippen molar-refractivity contribution in [1.29, 1.82) is 0 Å². The predicted octanol–water partition coefficient (Wildman–Crippen LogP) is 3.10. The fraction of sp³-hybridized carbons (Fsp3) is 0.607. The third kappa shape index (κ3) is 3.93. The topological polar surface area (TPSA) is 131 Å². The van der Waals surface area contributed by atoms with Crippen LogP contribution in [0, 0.1) is 20.2 Å². The van der Waals surface area contributed by atoms with Gasteiger partial charge in [-0.3, -0.25) is 19.4 Å². The van der Waals surface area contributed by atoms with Gasteiger partial charge in [-0.2, -0.15) is 13.1 Å².